The molecule has 0 atom stereocenters. The molecule has 82 valence electrons. The molecule has 2 heterocycles. The summed E-state index contributed by atoms with van der Waals surface area (Å²) in [5.74, 6) is 0.956. The maximum atomic E-state index is 4.42. The summed E-state index contributed by atoms with van der Waals surface area (Å²) in [5, 5.41) is 4.42. The first-order valence-corrected chi connectivity index (χ1v) is 5.70. The monoisotopic (exact) mass is 214 g/mol. The lowest BCUT2D eigenvalue weighted by atomic mass is 9.96. The second kappa shape index (κ2) is 3.70. The smallest absolute Gasteiger partial charge is 0.160 e. The van der Waals surface area contributed by atoms with E-state index in [9.17, 15) is 0 Å². The molecule has 0 aliphatic heterocycles. The van der Waals surface area contributed by atoms with Crippen molar-refractivity contribution in [2.45, 2.75) is 32.6 Å². The Labute approximate surface area is 94.4 Å². The van der Waals surface area contributed by atoms with Crippen LogP contribution < -0.4 is 0 Å². The van der Waals surface area contributed by atoms with Gasteiger partial charge in [0.05, 0.1) is 5.69 Å². The van der Waals surface area contributed by atoms with Gasteiger partial charge in [0.2, 0.25) is 0 Å². The van der Waals surface area contributed by atoms with E-state index in [1.807, 2.05) is 23.9 Å². The molecule has 0 saturated carbocycles. The SMILES string of the molecule is Cc1ccn(-c2ncnc3c2CCCC3)n1. The number of aromatic nitrogens is 4. The Morgan fingerprint density at radius 1 is 1.19 bits per heavy atom. The number of aryl methyl sites for hydroxylation is 2. The van der Waals surface area contributed by atoms with Crippen molar-refractivity contribution in [3.63, 3.8) is 0 Å². The Bertz CT molecular complexity index is 515. The summed E-state index contributed by atoms with van der Waals surface area (Å²) in [6.07, 6.45) is 8.23. The van der Waals surface area contributed by atoms with Crippen LogP contribution in [0.5, 0.6) is 0 Å². The molecule has 0 bridgehead atoms. The molecule has 2 aromatic rings. The maximum Gasteiger partial charge on any atom is 0.160 e. The van der Waals surface area contributed by atoms with Crippen LogP contribution in [0.1, 0.15) is 29.8 Å². The van der Waals surface area contributed by atoms with Gasteiger partial charge in [-0.15, -0.1) is 0 Å². The Hall–Kier alpha value is -1.71. The van der Waals surface area contributed by atoms with Gasteiger partial charge in [-0.05, 0) is 38.7 Å². The molecule has 0 spiro atoms. The van der Waals surface area contributed by atoms with Gasteiger partial charge in [0.1, 0.15) is 6.33 Å². The standard InChI is InChI=1S/C12H14N4/c1-9-6-7-16(15-9)12-10-4-2-3-5-11(10)13-8-14-12/h6-8H,2-5H2,1H3. The zero-order chi connectivity index (χ0) is 11.0. The molecule has 0 amide bonds. The van der Waals surface area contributed by atoms with E-state index in [0.29, 0.717) is 0 Å². The van der Waals surface area contributed by atoms with Crippen LogP contribution in [0.4, 0.5) is 0 Å². The van der Waals surface area contributed by atoms with Gasteiger partial charge in [-0.25, -0.2) is 14.6 Å². The first-order valence-electron chi connectivity index (χ1n) is 5.70. The molecule has 1 aliphatic rings. The molecule has 4 nitrogen and oxygen atoms in total. The first kappa shape index (κ1) is 9.51. The second-order valence-corrected chi connectivity index (χ2v) is 4.23. The number of hydrogen-bond acceptors (Lipinski definition) is 3. The molecule has 1 aliphatic carbocycles. The van der Waals surface area contributed by atoms with E-state index in [1.54, 1.807) is 6.33 Å². The number of nitrogens with zero attached hydrogens (tertiary/aromatic N) is 4. The van der Waals surface area contributed by atoms with Crippen LogP contribution in [0.15, 0.2) is 18.6 Å². The largest absolute Gasteiger partial charge is 0.241 e. The van der Waals surface area contributed by atoms with Gasteiger partial charge < -0.3 is 0 Å². The van der Waals surface area contributed by atoms with Gasteiger partial charge in [0.25, 0.3) is 0 Å². The molecular formula is C12H14N4. The lowest BCUT2D eigenvalue weighted by Gasteiger charge is -2.16. The van der Waals surface area contributed by atoms with Gasteiger partial charge in [0, 0.05) is 17.5 Å². The highest BCUT2D eigenvalue weighted by Crippen LogP contribution is 2.23. The van der Waals surface area contributed by atoms with Crippen LogP contribution in [0.3, 0.4) is 0 Å². The maximum absolute atomic E-state index is 4.42. The Balaban J connectivity index is 2.13. The van der Waals surface area contributed by atoms with E-state index >= 15 is 0 Å². The van der Waals surface area contributed by atoms with Crippen molar-refractivity contribution in [1.29, 1.82) is 0 Å². The minimum Gasteiger partial charge on any atom is -0.241 e. The third kappa shape index (κ3) is 1.50. The molecule has 0 unspecified atom stereocenters. The van der Waals surface area contributed by atoms with Gasteiger partial charge in [0.15, 0.2) is 5.82 Å². The Morgan fingerprint density at radius 2 is 2.06 bits per heavy atom. The highest BCUT2D eigenvalue weighted by molar-refractivity contribution is 5.37. The summed E-state index contributed by atoms with van der Waals surface area (Å²) in [4.78, 5) is 8.72. The van der Waals surface area contributed by atoms with Crippen LogP contribution >= 0.6 is 0 Å². The molecule has 4 heteroatoms. The average Bonchev–Trinajstić information content (AvgIpc) is 2.75. The van der Waals surface area contributed by atoms with E-state index in [2.05, 4.69) is 15.1 Å². The predicted octanol–water partition coefficient (Wildman–Crippen LogP) is 1.85. The van der Waals surface area contributed by atoms with Crippen molar-refractivity contribution < 1.29 is 0 Å². The van der Waals surface area contributed by atoms with Crippen LogP contribution in [0.25, 0.3) is 5.82 Å². The summed E-state index contributed by atoms with van der Waals surface area (Å²) in [5.41, 5.74) is 3.49. The van der Waals surface area contributed by atoms with Crippen molar-refractivity contribution in [1.82, 2.24) is 19.7 Å². The zero-order valence-electron chi connectivity index (χ0n) is 9.35. The number of rotatable bonds is 1. The van der Waals surface area contributed by atoms with E-state index < -0.39 is 0 Å². The lowest BCUT2D eigenvalue weighted by Crippen LogP contribution is -2.12. The molecule has 0 saturated heterocycles. The zero-order valence-corrected chi connectivity index (χ0v) is 9.35. The molecule has 0 radical (unpaired) electrons. The van der Waals surface area contributed by atoms with Crippen LogP contribution in [-0.4, -0.2) is 19.7 Å². The fourth-order valence-electron chi connectivity index (χ4n) is 2.23. The third-order valence-corrected chi connectivity index (χ3v) is 3.04. The second-order valence-electron chi connectivity index (χ2n) is 4.23. The normalized spacial score (nSPS) is 14.8. The quantitative estimate of drug-likeness (QED) is 0.727. The van der Waals surface area contributed by atoms with Crippen molar-refractivity contribution in [2.24, 2.45) is 0 Å². The molecule has 0 N–H and O–H groups in total. The number of fused-ring (bicyclic) bond motifs is 1. The van der Waals surface area contributed by atoms with Crippen molar-refractivity contribution >= 4 is 0 Å². The summed E-state index contributed by atoms with van der Waals surface area (Å²) in [6.45, 7) is 1.99. The molecule has 3 rings (SSSR count). The van der Waals surface area contributed by atoms with Crippen molar-refractivity contribution in [3.05, 3.63) is 35.5 Å². The molecule has 16 heavy (non-hydrogen) atoms. The molecule has 0 aromatic carbocycles. The minimum absolute atomic E-state index is 0.956. The van der Waals surface area contributed by atoms with E-state index in [1.165, 1.54) is 24.1 Å². The van der Waals surface area contributed by atoms with Gasteiger partial charge in [-0.3, -0.25) is 0 Å². The topological polar surface area (TPSA) is 43.6 Å². The molecule has 0 fully saturated rings. The minimum atomic E-state index is 0.956. The van der Waals surface area contributed by atoms with Crippen molar-refractivity contribution in [3.8, 4) is 5.82 Å². The van der Waals surface area contributed by atoms with E-state index in [-0.39, 0.29) is 0 Å². The van der Waals surface area contributed by atoms with E-state index in [4.69, 9.17) is 0 Å². The Morgan fingerprint density at radius 3 is 2.88 bits per heavy atom. The molecule has 2 aromatic heterocycles. The fraction of sp³-hybridized carbons (Fsp3) is 0.417. The fourth-order valence-corrected chi connectivity index (χ4v) is 2.23. The summed E-state index contributed by atoms with van der Waals surface area (Å²) in [6, 6.07) is 2.00. The summed E-state index contributed by atoms with van der Waals surface area (Å²) in [7, 11) is 0. The summed E-state index contributed by atoms with van der Waals surface area (Å²) >= 11 is 0. The average molecular weight is 214 g/mol. The van der Waals surface area contributed by atoms with Crippen LogP contribution in [-0.2, 0) is 12.8 Å². The van der Waals surface area contributed by atoms with Crippen molar-refractivity contribution in [2.75, 3.05) is 0 Å². The molecular weight excluding hydrogens is 200 g/mol. The van der Waals surface area contributed by atoms with E-state index in [0.717, 1.165) is 24.4 Å². The van der Waals surface area contributed by atoms with Crippen LogP contribution in [0, 0.1) is 6.92 Å². The lowest BCUT2D eigenvalue weighted by molar-refractivity contribution is 0.649. The van der Waals surface area contributed by atoms with Gasteiger partial charge in [-0.1, -0.05) is 0 Å². The Kier molecular flexibility index (Phi) is 2.20. The van der Waals surface area contributed by atoms with Gasteiger partial charge >= 0.3 is 0 Å². The van der Waals surface area contributed by atoms with Gasteiger partial charge in [-0.2, -0.15) is 5.10 Å². The highest BCUT2D eigenvalue weighted by atomic mass is 15.3. The first-order chi connectivity index (χ1) is 7.84. The number of hydrogen-bond donors (Lipinski definition) is 0. The highest BCUT2D eigenvalue weighted by Gasteiger charge is 2.16. The third-order valence-electron chi connectivity index (χ3n) is 3.04. The predicted molar refractivity (Wildman–Crippen MR) is 60.5 cm³/mol. The van der Waals surface area contributed by atoms with Crippen LogP contribution in [0.2, 0.25) is 0 Å². The summed E-state index contributed by atoms with van der Waals surface area (Å²) < 4.78 is 1.86.